The summed E-state index contributed by atoms with van der Waals surface area (Å²) in [4.78, 5) is 0. The molecule has 7 heteroatoms. The molecule has 0 aliphatic heterocycles. The molecule has 1 unspecified atom stereocenters. The van der Waals surface area contributed by atoms with Crippen LogP contribution in [0.3, 0.4) is 0 Å². The van der Waals surface area contributed by atoms with E-state index in [0.717, 1.165) is 6.42 Å². The molecule has 0 aliphatic carbocycles. The summed E-state index contributed by atoms with van der Waals surface area (Å²) in [7, 11) is -5.73. The first kappa shape index (κ1) is 20.5. The molecule has 0 rings (SSSR count). The monoisotopic (exact) mass is 338 g/mol. The molecule has 0 spiro atoms. The summed E-state index contributed by atoms with van der Waals surface area (Å²) in [6, 6.07) is 0.589. The van der Waals surface area contributed by atoms with Gasteiger partial charge in [-0.25, -0.2) is 0 Å². The molecule has 122 valence electrons. The van der Waals surface area contributed by atoms with Gasteiger partial charge in [0.25, 0.3) is 0 Å². The van der Waals surface area contributed by atoms with Crippen molar-refractivity contribution >= 4 is 25.2 Å². The average Bonchev–Trinajstić information content (AvgIpc) is 2.09. The van der Waals surface area contributed by atoms with Gasteiger partial charge in [-0.15, -0.1) is 0 Å². The van der Waals surface area contributed by atoms with Crippen molar-refractivity contribution in [2.24, 2.45) is 0 Å². The standard InChI is InChI=1S/C13H34O4Si3/c1-9-10-15-11-13(14)12-20(8,16-18(2,3)4)17-19(5,6)7/h13-14H,9-12H2,1-8H3. The van der Waals surface area contributed by atoms with Crippen LogP contribution in [-0.4, -0.2) is 49.6 Å². The lowest BCUT2D eigenvalue weighted by Crippen LogP contribution is -2.54. The second-order valence-electron chi connectivity index (χ2n) is 7.50. The second-order valence-corrected chi connectivity index (χ2v) is 20.3. The van der Waals surface area contributed by atoms with Crippen molar-refractivity contribution in [3.05, 3.63) is 0 Å². The highest BCUT2D eigenvalue weighted by atomic mass is 28.5. The summed E-state index contributed by atoms with van der Waals surface area (Å²) < 4.78 is 18.1. The van der Waals surface area contributed by atoms with E-state index >= 15 is 0 Å². The summed E-state index contributed by atoms with van der Waals surface area (Å²) in [5, 5.41) is 10.2. The van der Waals surface area contributed by atoms with Crippen LogP contribution in [-0.2, 0) is 13.0 Å². The molecule has 0 heterocycles. The van der Waals surface area contributed by atoms with Gasteiger partial charge in [-0.3, -0.25) is 0 Å². The molecule has 0 aromatic heterocycles. The zero-order valence-corrected chi connectivity index (χ0v) is 17.6. The van der Waals surface area contributed by atoms with Crippen LogP contribution in [0.2, 0.25) is 51.9 Å². The first-order chi connectivity index (χ1) is 8.87. The van der Waals surface area contributed by atoms with Gasteiger partial charge >= 0.3 is 8.56 Å². The fourth-order valence-corrected chi connectivity index (χ4v) is 14.8. The first-order valence-electron chi connectivity index (χ1n) is 7.53. The van der Waals surface area contributed by atoms with E-state index in [1.807, 2.05) is 0 Å². The maximum atomic E-state index is 10.2. The van der Waals surface area contributed by atoms with Crippen molar-refractivity contribution < 1.29 is 18.1 Å². The summed E-state index contributed by atoms with van der Waals surface area (Å²) in [6.07, 6.45) is 0.476. The second kappa shape index (κ2) is 8.21. The van der Waals surface area contributed by atoms with Gasteiger partial charge < -0.3 is 18.1 Å². The van der Waals surface area contributed by atoms with E-state index in [1.165, 1.54) is 0 Å². The maximum Gasteiger partial charge on any atom is 0.317 e. The van der Waals surface area contributed by atoms with Crippen LogP contribution in [0.15, 0.2) is 0 Å². The lowest BCUT2D eigenvalue weighted by atomic mass is 10.4. The topological polar surface area (TPSA) is 47.9 Å². The quantitative estimate of drug-likeness (QED) is 0.489. The van der Waals surface area contributed by atoms with E-state index < -0.39 is 31.3 Å². The Morgan fingerprint density at radius 3 is 1.70 bits per heavy atom. The van der Waals surface area contributed by atoms with E-state index in [9.17, 15) is 5.11 Å². The van der Waals surface area contributed by atoms with Gasteiger partial charge in [0.2, 0.25) is 0 Å². The van der Waals surface area contributed by atoms with Crippen LogP contribution in [0.25, 0.3) is 0 Å². The van der Waals surface area contributed by atoms with Crippen LogP contribution in [0.1, 0.15) is 13.3 Å². The van der Waals surface area contributed by atoms with E-state index in [-0.39, 0.29) is 0 Å². The van der Waals surface area contributed by atoms with Gasteiger partial charge in [0, 0.05) is 12.7 Å². The molecule has 0 amide bonds. The highest BCUT2D eigenvalue weighted by molar-refractivity contribution is 6.87. The lowest BCUT2D eigenvalue weighted by Gasteiger charge is -2.39. The Morgan fingerprint density at radius 1 is 0.900 bits per heavy atom. The van der Waals surface area contributed by atoms with Crippen LogP contribution in [0.5, 0.6) is 0 Å². The minimum Gasteiger partial charge on any atom is -0.437 e. The predicted octanol–water partition coefficient (Wildman–Crippen LogP) is 3.55. The molecule has 0 fully saturated rings. The molecule has 0 bridgehead atoms. The van der Waals surface area contributed by atoms with E-state index in [1.54, 1.807) is 0 Å². The van der Waals surface area contributed by atoms with Gasteiger partial charge in [0.05, 0.1) is 12.7 Å². The van der Waals surface area contributed by atoms with Crippen LogP contribution < -0.4 is 0 Å². The van der Waals surface area contributed by atoms with Crippen molar-refractivity contribution in [3.8, 4) is 0 Å². The Labute approximate surface area is 128 Å². The number of aliphatic hydroxyl groups excluding tert-OH is 1. The van der Waals surface area contributed by atoms with Crippen molar-refractivity contribution in [1.82, 2.24) is 0 Å². The molecule has 1 atom stereocenters. The third-order valence-electron chi connectivity index (χ3n) is 2.31. The molecule has 0 saturated heterocycles. The fraction of sp³-hybridized carbons (Fsp3) is 1.00. The highest BCUT2D eigenvalue weighted by Crippen LogP contribution is 2.25. The molecule has 0 saturated carbocycles. The molecule has 20 heavy (non-hydrogen) atoms. The van der Waals surface area contributed by atoms with Gasteiger partial charge in [-0.2, -0.15) is 0 Å². The third kappa shape index (κ3) is 11.2. The number of aliphatic hydroxyl groups is 1. The van der Waals surface area contributed by atoms with E-state index in [2.05, 4.69) is 52.8 Å². The Balaban J connectivity index is 4.68. The SMILES string of the molecule is CCCOCC(O)C[Si](C)(O[Si](C)(C)C)O[Si](C)(C)C. The van der Waals surface area contributed by atoms with Crippen molar-refractivity contribution in [2.45, 2.75) is 71.3 Å². The number of rotatable bonds is 10. The summed E-state index contributed by atoms with van der Waals surface area (Å²) in [5.74, 6) is 0. The lowest BCUT2D eigenvalue weighted by molar-refractivity contribution is 0.0430. The largest absolute Gasteiger partial charge is 0.437 e. The maximum absolute atomic E-state index is 10.2. The molecule has 1 N–H and O–H groups in total. The zero-order valence-electron chi connectivity index (χ0n) is 14.6. The predicted molar refractivity (Wildman–Crippen MR) is 92.4 cm³/mol. The Morgan fingerprint density at radius 2 is 1.35 bits per heavy atom. The fourth-order valence-electron chi connectivity index (χ4n) is 2.25. The minimum absolute atomic E-state index is 0.376. The Bertz CT molecular complexity index is 258. The molecule has 0 radical (unpaired) electrons. The summed E-state index contributed by atoms with van der Waals surface area (Å²) in [5.41, 5.74) is 0. The van der Waals surface area contributed by atoms with Crippen LogP contribution >= 0.6 is 0 Å². The van der Waals surface area contributed by atoms with Crippen LogP contribution in [0, 0.1) is 0 Å². The van der Waals surface area contributed by atoms with Crippen LogP contribution in [0.4, 0.5) is 0 Å². The molecule has 0 aromatic carbocycles. The number of ether oxygens (including phenoxy) is 1. The smallest absolute Gasteiger partial charge is 0.317 e. The third-order valence-corrected chi connectivity index (χ3v) is 11.9. The molecule has 4 nitrogen and oxygen atoms in total. The normalized spacial score (nSPS) is 15.4. The molecule has 0 aromatic rings. The van der Waals surface area contributed by atoms with Gasteiger partial charge in [-0.05, 0) is 52.2 Å². The highest BCUT2D eigenvalue weighted by Gasteiger charge is 2.41. The summed E-state index contributed by atoms with van der Waals surface area (Å²) in [6.45, 7) is 18.3. The number of hydrogen-bond acceptors (Lipinski definition) is 4. The van der Waals surface area contributed by atoms with Gasteiger partial charge in [0.15, 0.2) is 16.6 Å². The Kier molecular flexibility index (Phi) is 8.41. The zero-order chi connectivity index (χ0) is 16.0. The number of hydrogen-bond donors (Lipinski definition) is 1. The van der Waals surface area contributed by atoms with Crippen molar-refractivity contribution in [3.63, 3.8) is 0 Å². The minimum atomic E-state index is -2.35. The molecule has 0 aliphatic rings. The molecular weight excluding hydrogens is 304 g/mol. The average molecular weight is 339 g/mol. The first-order valence-corrected chi connectivity index (χ1v) is 16.9. The van der Waals surface area contributed by atoms with Gasteiger partial charge in [0.1, 0.15) is 0 Å². The van der Waals surface area contributed by atoms with Crippen molar-refractivity contribution in [1.29, 1.82) is 0 Å². The van der Waals surface area contributed by atoms with E-state index in [0.29, 0.717) is 19.3 Å². The van der Waals surface area contributed by atoms with Crippen molar-refractivity contribution in [2.75, 3.05) is 13.2 Å². The van der Waals surface area contributed by atoms with E-state index in [4.69, 9.17) is 13.0 Å². The summed E-state index contributed by atoms with van der Waals surface area (Å²) >= 11 is 0. The van der Waals surface area contributed by atoms with Gasteiger partial charge in [-0.1, -0.05) is 6.92 Å². The Hall–Kier alpha value is 0.491. The molecular formula is C13H34O4Si3.